The van der Waals surface area contributed by atoms with Crippen LogP contribution in [0.15, 0.2) is 36.4 Å². The van der Waals surface area contributed by atoms with E-state index in [1.54, 1.807) is 11.0 Å². The van der Waals surface area contributed by atoms with Crippen LogP contribution in [-0.4, -0.2) is 37.0 Å². The molecule has 0 aromatic heterocycles. The summed E-state index contributed by atoms with van der Waals surface area (Å²) in [6.45, 7) is 0.198. The molecule has 0 atom stereocenters. The van der Waals surface area contributed by atoms with Crippen LogP contribution in [0.4, 0.5) is 44.7 Å². The summed E-state index contributed by atoms with van der Waals surface area (Å²) in [5.74, 6) is -10.7. The topological polar surface area (TPSA) is 78.7 Å². The van der Waals surface area contributed by atoms with Gasteiger partial charge in [-0.25, -0.2) is 22.0 Å². The van der Waals surface area contributed by atoms with E-state index in [0.29, 0.717) is 5.69 Å². The standard InChI is InChI=1S/C23H15Cl2F5N4O3/c24-13-3-1-11(9-16(13)34(36)37)23(35)31-12-2-4-15(14(25)10-12)32-5-7-33(8-6-32)22-20(29)18(27)17(26)19(28)21(22)30/h1-4,9-10H,5-8H2,(H,31,35). The second-order valence-electron chi connectivity index (χ2n) is 7.94. The summed E-state index contributed by atoms with van der Waals surface area (Å²) in [5.41, 5.74) is -0.605. The van der Waals surface area contributed by atoms with Crippen LogP contribution in [0.1, 0.15) is 10.4 Å². The van der Waals surface area contributed by atoms with Gasteiger partial charge in [0.2, 0.25) is 5.82 Å². The minimum absolute atomic E-state index is 0.000511. The molecule has 1 aliphatic rings. The van der Waals surface area contributed by atoms with E-state index in [4.69, 9.17) is 23.2 Å². The maximum Gasteiger partial charge on any atom is 0.288 e. The Hall–Kier alpha value is -3.64. The van der Waals surface area contributed by atoms with Crippen molar-refractivity contribution in [2.75, 3.05) is 41.3 Å². The molecule has 1 saturated heterocycles. The summed E-state index contributed by atoms with van der Waals surface area (Å²) in [6.07, 6.45) is 0. The van der Waals surface area contributed by atoms with Gasteiger partial charge in [0.25, 0.3) is 11.6 Å². The smallest absolute Gasteiger partial charge is 0.288 e. The lowest BCUT2D eigenvalue weighted by molar-refractivity contribution is -0.384. The molecule has 1 amide bonds. The number of anilines is 3. The van der Waals surface area contributed by atoms with Crippen molar-refractivity contribution >= 4 is 51.9 Å². The Labute approximate surface area is 216 Å². The first-order valence-corrected chi connectivity index (χ1v) is 11.3. The number of nitrogens with one attached hydrogen (secondary N) is 1. The summed E-state index contributed by atoms with van der Waals surface area (Å²) in [7, 11) is 0. The number of nitro groups is 1. The number of hydrogen-bond acceptors (Lipinski definition) is 5. The zero-order valence-electron chi connectivity index (χ0n) is 18.5. The van der Waals surface area contributed by atoms with E-state index in [-0.39, 0.29) is 47.5 Å². The zero-order valence-corrected chi connectivity index (χ0v) is 20.0. The fourth-order valence-corrected chi connectivity index (χ4v) is 4.37. The van der Waals surface area contributed by atoms with Crippen molar-refractivity contribution < 1.29 is 31.7 Å². The van der Waals surface area contributed by atoms with Crippen LogP contribution in [-0.2, 0) is 0 Å². The second kappa shape index (κ2) is 10.4. The lowest BCUT2D eigenvalue weighted by Crippen LogP contribution is -2.47. The van der Waals surface area contributed by atoms with E-state index in [1.165, 1.54) is 24.3 Å². The summed E-state index contributed by atoms with van der Waals surface area (Å²) in [5, 5.41) is 13.7. The number of rotatable bonds is 5. The molecule has 0 saturated carbocycles. The normalized spacial score (nSPS) is 13.6. The van der Waals surface area contributed by atoms with Crippen molar-refractivity contribution in [2.45, 2.75) is 0 Å². The van der Waals surface area contributed by atoms with Crippen molar-refractivity contribution in [3.8, 4) is 0 Å². The van der Waals surface area contributed by atoms with Crippen LogP contribution >= 0.6 is 23.2 Å². The van der Waals surface area contributed by atoms with E-state index in [1.807, 2.05) is 0 Å². The highest BCUT2D eigenvalue weighted by Gasteiger charge is 2.31. The number of hydrogen-bond donors (Lipinski definition) is 1. The molecule has 1 aliphatic heterocycles. The van der Waals surface area contributed by atoms with Crippen LogP contribution in [0, 0.1) is 39.2 Å². The van der Waals surface area contributed by atoms with Crippen molar-refractivity contribution in [2.24, 2.45) is 0 Å². The van der Waals surface area contributed by atoms with Crippen molar-refractivity contribution in [3.05, 3.63) is 91.2 Å². The minimum Gasteiger partial charge on any atom is -0.367 e. The highest BCUT2D eigenvalue weighted by atomic mass is 35.5. The molecular formula is C23H15Cl2F5N4O3. The lowest BCUT2D eigenvalue weighted by atomic mass is 10.1. The second-order valence-corrected chi connectivity index (χ2v) is 8.75. The number of halogens is 7. The highest BCUT2D eigenvalue weighted by Crippen LogP contribution is 2.34. The Morgan fingerprint density at radius 2 is 1.38 bits per heavy atom. The molecular weight excluding hydrogens is 546 g/mol. The van der Waals surface area contributed by atoms with Crippen LogP contribution in [0.5, 0.6) is 0 Å². The van der Waals surface area contributed by atoms with Crippen molar-refractivity contribution in [1.29, 1.82) is 0 Å². The van der Waals surface area contributed by atoms with Gasteiger partial charge in [-0.15, -0.1) is 0 Å². The average molecular weight is 561 g/mol. The number of nitro benzene ring substituents is 1. The minimum atomic E-state index is -2.22. The molecule has 7 nitrogen and oxygen atoms in total. The van der Waals surface area contributed by atoms with Gasteiger partial charge in [0.1, 0.15) is 10.7 Å². The van der Waals surface area contributed by atoms with Gasteiger partial charge in [0.05, 0.1) is 15.6 Å². The molecule has 3 aromatic carbocycles. The number of nitrogens with zero attached hydrogens (tertiary/aromatic N) is 3. The van der Waals surface area contributed by atoms with Crippen LogP contribution in [0.25, 0.3) is 0 Å². The van der Waals surface area contributed by atoms with Crippen LogP contribution < -0.4 is 15.1 Å². The monoisotopic (exact) mass is 560 g/mol. The molecule has 0 radical (unpaired) electrons. The number of piperazine rings is 1. The molecule has 14 heteroatoms. The fourth-order valence-electron chi connectivity index (χ4n) is 3.88. The Morgan fingerprint density at radius 3 is 1.95 bits per heavy atom. The first-order valence-electron chi connectivity index (χ1n) is 10.6. The number of carbonyl (C=O) groups excluding carboxylic acids is 1. The number of benzene rings is 3. The van der Waals surface area contributed by atoms with Gasteiger partial charge < -0.3 is 15.1 Å². The van der Waals surface area contributed by atoms with Gasteiger partial charge in [-0.05, 0) is 30.3 Å². The van der Waals surface area contributed by atoms with Gasteiger partial charge in [-0.3, -0.25) is 14.9 Å². The molecule has 4 rings (SSSR count). The third-order valence-corrected chi connectivity index (χ3v) is 6.36. The third kappa shape index (κ3) is 5.12. The number of amides is 1. The number of carbonyl (C=O) groups is 1. The largest absolute Gasteiger partial charge is 0.367 e. The summed E-state index contributed by atoms with van der Waals surface area (Å²) < 4.78 is 68.8. The Kier molecular flexibility index (Phi) is 7.42. The van der Waals surface area contributed by atoms with E-state index in [0.717, 1.165) is 11.0 Å². The molecule has 194 valence electrons. The van der Waals surface area contributed by atoms with E-state index in [9.17, 15) is 36.9 Å². The molecule has 1 N–H and O–H groups in total. The maximum absolute atomic E-state index is 14.2. The van der Waals surface area contributed by atoms with Gasteiger partial charge in [-0.1, -0.05) is 23.2 Å². The average Bonchev–Trinajstić information content (AvgIpc) is 2.87. The SMILES string of the molecule is O=C(Nc1ccc(N2CCN(c3c(F)c(F)c(F)c(F)c3F)CC2)c(Cl)c1)c1ccc(Cl)c([N+](=O)[O-])c1. The van der Waals surface area contributed by atoms with E-state index in [2.05, 4.69) is 5.32 Å². The molecule has 0 spiro atoms. The first kappa shape index (κ1) is 26.4. The Balaban J connectivity index is 1.46. The summed E-state index contributed by atoms with van der Waals surface area (Å²) in [6, 6.07) is 8.14. The summed E-state index contributed by atoms with van der Waals surface area (Å²) >= 11 is 12.1. The maximum atomic E-state index is 14.2. The molecule has 1 heterocycles. The zero-order chi connectivity index (χ0) is 27.0. The molecule has 37 heavy (non-hydrogen) atoms. The van der Waals surface area contributed by atoms with Crippen molar-refractivity contribution in [3.63, 3.8) is 0 Å². The van der Waals surface area contributed by atoms with Gasteiger partial charge in [0.15, 0.2) is 23.3 Å². The summed E-state index contributed by atoms with van der Waals surface area (Å²) in [4.78, 5) is 25.7. The lowest BCUT2D eigenvalue weighted by Gasteiger charge is -2.38. The first-order chi connectivity index (χ1) is 17.5. The highest BCUT2D eigenvalue weighted by molar-refractivity contribution is 6.34. The van der Waals surface area contributed by atoms with Crippen LogP contribution in [0.2, 0.25) is 10.0 Å². The Bertz CT molecular complexity index is 1390. The van der Waals surface area contributed by atoms with Crippen LogP contribution in [0.3, 0.4) is 0 Å². The molecule has 0 bridgehead atoms. The molecule has 3 aromatic rings. The fraction of sp³-hybridized carbons (Fsp3) is 0.174. The third-order valence-electron chi connectivity index (χ3n) is 5.73. The quantitative estimate of drug-likeness (QED) is 0.133. The van der Waals surface area contributed by atoms with Gasteiger partial charge >= 0.3 is 0 Å². The molecule has 1 fully saturated rings. The van der Waals surface area contributed by atoms with E-state index < -0.39 is 51.3 Å². The van der Waals surface area contributed by atoms with Gasteiger partial charge in [-0.2, -0.15) is 0 Å². The van der Waals surface area contributed by atoms with Gasteiger partial charge in [0, 0.05) is 43.5 Å². The predicted octanol–water partition coefficient (Wildman–Crippen LogP) is 6.18. The predicted molar refractivity (Wildman–Crippen MR) is 128 cm³/mol. The molecule has 0 aliphatic carbocycles. The van der Waals surface area contributed by atoms with Crippen molar-refractivity contribution in [1.82, 2.24) is 0 Å². The van der Waals surface area contributed by atoms with E-state index >= 15 is 0 Å². The molecule has 0 unspecified atom stereocenters. The Morgan fingerprint density at radius 1 is 0.811 bits per heavy atom.